The minimum absolute atomic E-state index is 0.157. The van der Waals surface area contributed by atoms with Crippen molar-refractivity contribution in [2.24, 2.45) is 0 Å². The summed E-state index contributed by atoms with van der Waals surface area (Å²) in [6.45, 7) is 10.8. The van der Waals surface area contributed by atoms with Crippen LogP contribution in [0.15, 0.2) is 0 Å². The molecule has 0 rings (SSSR count). The molecule has 0 amide bonds. The summed E-state index contributed by atoms with van der Waals surface area (Å²) in [5.41, 5.74) is 0. The standard InChI is InChI=1S/C10H25ClN2Si/c1-7-13(8-2)10(11,12(5)6)9(3,4)14/h7-8H2,1-6,14H3. The van der Waals surface area contributed by atoms with Crippen LogP contribution in [0, 0.1) is 0 Å². The van der Waals surface area contributed by atoms with Gasteiger partial charge in [0.2, 0.25) is 0 Å². The third kappa shape index (κ3) is 2.51. The molecule has 0 spiro atoms. The summed E-state index contributed by atoms with van der Waals surface area (Å²) in [5, 5.41) is -0.188. The van der Waals surface area contributed by atoms with Gasteiger partial charge in [0.05, 0.1) is 0 Å². The van der Waals surface area contributed by atoms with Gasteiger partial charge in [-0.05, 0) is 32.2 Å². The van der Waals surface area contributed by atoms with Crippen molar-refractivity contribution in [2.75, 3.05) is 27.2 Å². The molecule has 2 nitrogen and oxygen atoms in total. The van der Waals surface area contributed by atoms with E-state index in [2.05, 4.69) is 51.6 Å². The highest BCUT2D eigenvalue weighted by atomic mass is 35.5. The maximum absolute atomic E-state index is 6.80. The molecule has 0 saturated heterocycles. The molecule has 14 heavy (non-hydrogen) atoms. The normalized spacial score (nSPS) is 17.8. The van der Waals surface area contributed by atoms with Gasteiger partial charge < -0.3 is 0 Å². The Morgan fingerprint density at radius 3 is 1.57 bits per heavy atom. The van der Waals surface area contributed by atoms with Crippen LogP contribution in [0.1, 0.15) is 27.7 Å². The minimum Gasteiger partial charge on any atom is -0.279 e. The lowest BCUT2D eigenvalue weighted by Crippen LogP contribution is -2.59. The van der Waals surface area contributed by atoms with E-state index in [0.29, 0.717) is 0 Å². The Labute approximate surface area is 97.0 Å². The highest BCUT2D eigenvalue weighted by Gasteiger charge is 2.45. The first-order valence-electron chi connectivity index (χ1n) is 5.33. The van der Waals surface area contributed by atoms with Crippen LogP contribution in [0.25, 0.3) is 0 Å². The third-order valence-electron chi connectivity index (χ3n) is 2.73. The Morgan fingerprint density at radius 1 is 1.14 bits per heavy atom. The largest absolute Gasteiger partial charge is 0.279 e. The predicted molar refractivity (Wildman–Crippen MR) is 69.2 cm³/mol. The fourth-order valence-corrected chi connectivity index (χ4v) is 3.07. The van der Waals surface area contributed by atoms with Gasteiger partial charge in [-0.2, -0.15) is 0 Å². The number of hydrogen-bond acceptors (Lipinski definition) is 2. The average Bonchev–Trinajstić information content (AvgIpc) is 2.03. The molecule has 0 aliphatic rings. The van der Waals surface area contributed by atoms with Gasteiger partial charge in [-0.25, -0.2) is 0 Å². The molecule has 0 bridgehead atoms. The lowest BCUT2D eigenvalue weighted by atomic mass is 10.1. The zero-order chi connectivity index (χ0) is 11.6. The molecule has 0 aliphatic carbocycles. The topological polar surface area (TPSA) is 6.48 Å². The molecule has 0 heterocycles. The molecule has 0 N–H and O–H groups in total. The predicted octanol–water partition coefficient (Wildman–Crippen LogP) is 1.35. The number of hydrogen-bond donors (Lipinski definition) is 0. The maximum atomic E-state index is 6.80. The van der Waals surface area contributed by atoms with Gasteiger partial charge in [0.25, 0.3) is 0 Å². The van der Waals surface area contributed by atoms with Gasteiger partial charge in [0.15, 0.2) is 5.12 Å². The van der Waals surface area contributed by atoms with E-state index in [1.165, 1.54) is 0 Å². The van der Waals surface area contributed by atoms with Gasteiger partial charge >= 0.3 is 0 Å². The molecule has 0 aromatic rings. The molecule has 0 aromatic carbocycles. The first-order valence-corrected chi connectivity index (χ1v) is 6.71. The van der Waals surface area contributed by atoms with Gasteiger partial charge in [0, 0.05) is 10.2 Å². The lowest BCUT2D eigenvalue weighted by Gasteiger charge is -2.51. The van der Waals surface area contributed by atoms with Gasteiger partial charge in [-0.1, -0.05) is 39.3 Å². The fourth-order valence-electron chi connectivity index (χ4n) is 2.07. The summed E-state index contributed by atoms with van der Waals surface area (Å²) in [7, 11) is 5.20. The molecule has 1 unspecified atom stereocenters. The number of nitrogens with zero attached hydrogens (tertiary/aromatic N) is 2. The van der Waals surface area contributed by atoms with Crippen molar-refractivity contribution in [2.45, 2.75) is 37.9 Å². The van der Waals surface area contributed by atoms with Gasteiger partial charge in [0.1, 0.15) is 0 Å². The summed E-state index contributed by atoms with van der Waals surface area (Å²) in [6.07, 6.45) is 0. The van der Waals surface area contributed by atoms with E-state index >= 15 is 0 Å². The lowest BCUT2D eigenvalue weighted by molar-refractivity contribution is 0.0185. The Balaban J connectivity index is 5.08. The van der Waals surface area contributed by atoms with Crippen LogP contribution >= 0.6 is 11.6 Å². The first-order chi connectivity index (χ1) is 6.21. The molecule has 0 aliphatic heterocycles. The minimum atomic E-state index is -0.345. The second kappa shape index (κ2) is 4.97. The zero-order valence-electron chi connectivity index (χ0n) is 10.7. The fraction of sp³-hybridized carbons (Fsp3) is 1.00. The van der Waals surface area contributed by atoms with Crippen molar-refractivity contribution >= 4 is 21.8 Å². The molecule has 0 aromatic heterocycles. The number of rotatable bonds is 5. The second-order valence-corrected chi connectivity index (χ2v) is 7.93. The molecule has 1 atom stereocenters. The van der Waals surface area contributed by atoms with Crippen molar-refractivity contribution < 1.29 is 0 Å². The highest BCUT2D eigenvalue weighted by Crippen LogP contribution is 2.44. The van der Waals surface area contributed by atoms with E-state index < -0.39 is 0 Å². The van der Waals surface area contributed by atoms with Gasteiger partial charge in [-0.15, -0.1) is 0 Å². The SMILES string of the molecule is CCN(CC)C(Cl)(N(C)C)C(C)(C)[SiH3]. The Bertz CT molecular complexity index is 175. The smallest absolute Gasteiger partial charge is 0.152 e. The van der Waals surface area contributed by atoms with Crippen molar-refractivity contribution in [1.29, 1.82) is 0 Å². The second-order valence-electron chi connectivity index (χ2n) is 4.90. The summed E-state index contributed by atoms with van der Waals surface area (Å²) in [5.74, 6) is 0. The van der Waals surface area contributed by atoms with E-state index in [9.17, 15) is 0 Å². The summed E-state index contributed by atoms with van der Waals surface area (Å²) in [6, 6.07) is 0. The third-order valence-corrected chi connectivity index (χ3v) is 4.89. The average molecular weight is 237 g/mol. The van der Waals surface area contributed by atoms with Crippen LogP contribution in [0.2, 0.25) is 5.04 Å². The monoisotopic (exact) mass is 236 g/mol. The number of alkyl halides is 1. The quantitative estimate of drug-likeness (QED) is 0.308. The first kappa shape index (κ1) is 14.4. The van der Waals surface area contributed by atoms with Gasteiger partial charge in [-0.3, -0.25) is 9.80 Å². The summed E-state index contributed by atoms with van der Waals surface area (Å²) < 4.78 is 0. The van der Waals surface area contributed by atoms with Crippen molar-refractivity contribution in [3.05, 3.63) is 0 Å². The van der Waals surface area contributed by atoms with E-state index in [1.807, 2.05) is 0 Å². The summed E-state index contributed by atoms with van der Waals surface area (Å²) >= 11 is 6.80. The highest BCUT2D eigenvalue weighted by molar-refractivity contribution is 6.30. The number of halogens is 1. The van der Waals surface area contributed by atoms with Crippen LogP contribution in [0.4, 0.5) is 0 Å². The van der Waals surface area contributed by atoms with Crippen LogP contribution in [-0.2, 0) is 0 Å². The summed E-state index contributed by atoms with van der Waals surface area (Å²) in [4.78, 5) is 4.45. The molecule has 86 valence electrons. The Kier molecular flexibility index (Phi) is 5.12. The van der Waals surface area contributed by atoms with Crippen molar-refractivity contribution in [3.63, 3.8) is 0 Å². The van der Waals surface area contributed by atoms with Crippen LogP contribution in [0.5, 0.6) is 0 Å². The Hall–Kier alpha value is 0.427. The van der Waals surface area contributed by atoms with Crippen molar-refractivity contribution in [1.82, 2.24) is 9.80 Å². The molecular weight excluding hydrogens is 212 g/mol. The molecule has 0 saturated carbocycles. The van der Waals surface area contributed by atoms with Crippen LogP contribution in [0.3, 0.4) is 0 Å². The van der Waals surface area contributed by atoms with E-state index in [-0.39, 0.29) is 10.2 Å². The molecular formula is C10H25ClN2Si. The molecule has 0 radical (unpaired) electrons. The molecule has 0 fully saturated rings. The van der Waals surface area contributed by atoms with Crippen molar-refractivity contribution in [3.8, 4) is 0 Å². The molecule has 4 heteroatoms. The van der Waals surface area contributed by atoms with E-state index in [1.54, 1.807) is 0 Å². The van der Waals surface area contributed by atoms with Crippen LogP contribution in [-0.4, -0.2) is 52.3 Å². The Morgan fingerprint density at radius 2 is 1.50 bits per heavy atom. The van der Waals surface area contributed by atoms with Crippen LogP contribution < -0.4 is 0 Å². The zero-order valence-corrected chi connectivity index (χ0v) is 13.4. The van der Waals surface area contributed by atoms with E-state index in [4.69, 9.17) is 11.6 Å². The maximum Gasteiger partial charge on any atom is 0.152 e. The van der Waals surface area contributed by atoms with E-state index in [0.717, 1.165) is 23.3 Å².